The van der Waals surface area contributed by atoms with Gasteiger partial charge in [-0.1, -0.05) is 15.9 Å². The molecule has 6 nitrogen and oxygen atoms in total. The Bertz CT molecular complexity index is 526. The molecule has 0 bridgehead atoms. The lowest BCUT2D eigenvalue weighted by atomic mass is 10.2. The Kier molecular flexibility index (Phi) is 3.12. The molecule has 0 atom stereocenters. The third-order valence-electron chi connectivity index (χ3n) is 1.82. The highest BCUT2D eigenvalue weighted by Crippen LogP contribution is 2.29. The largest absolute Gasteiger partial charge is 0.274 e. The molecule has 0 saturated carbocycles. The van der Waals surface area contributed by atoms with E-state index in [9.17, 15) is 18.5 Å². The van der Waals surface area contributed by atoms with Gasteiger partial charge in [0.1, 0.15) is 0 Å². The van der Waals surface area contributed by atoms with Gasteiger partial charge >= 0.3 is 0 Å². The molecule has 0 heterocycles. The van der Waals surface area contributed by atoms with E-state index in [1.54, 1.807) is 0 Å². The number of nitrogens with two attached hydrogens (primary N) is 1. The number of primary sulfonamides is 1. The molecule has 1 aromatic carbocycles. The average molecular weight is 295 g/mol. The number of hydrogen-bond acceptors (Lipinski definition) is 4. The average Bonchev–Trinajstić information content (AvgIpc) is 2.06. The molecule has 82 valence electrons. The maximum absolute atomic E-state index is 11.0. The molecule has 0 radical (unpaired) electrons. The maximum atomic E-state index is 11.0. The number of nitro benzene ring substituents is 1. The van der Waals surface area contributed by atoms with Crippen molar-refractivity contribution in [1.82, 2.24) is 0 Å². The molecule has 8 heteroatoms. The minimum atomic E-state index is -3.93. The first-order valence-electron chi connectivity index (χ1n) is 3.71. The molecule has 0 aliphatic carbocycles. The Labute approximate surface area is 94.4 Å². The van der Waals surface area contributed by atoms with Gasteiger partial charge in [-0.05, 0) is 13.0 Å². The fourth-order valence-corrected chi connectivity index (χ4v) is 2.15. The Hall–Kier alpha value is -0.990. The molecule has 1 rings (SSSR count). The van der Waals surface area contributed by atoms with Crippen molar-refractivity contribution in [1.29, 1.82) is 0 Å². The lowest BCUT2D eigenvalue weighted by molar-refractivity contribution is -0.385. The molecular weight excluding hydrogens is 288 g/mol. The van der Waals surface area contributed by atoms with Crippen LogP contribution < -0.4 is 5.14 Å². The van der Waals surface area contributed by atoms with Crippen LogP contribution in [0.15, 0.2) is 21.5 Å². The van der Waals surface area contributed by atoms with E-state index in [-0.39, 0.29) is 10.6 Å². The third kappa shape index (κ3) is 2.52. The standard InChI is InChI=1S/C7H7BrN2O4S/c1-4-6(8)2-5(15(9,13)14)3-7(4)10(11)12/h2-3H,1H3,(H2,9,13,14). The van der Waals surface area contributed by atoms with E-state index in [4.69, 9.17) is 5.14 Å². The summed E-state index contributed by atoms with van der Waals surface area (Å²) in [4.78, 5) is 9.66. The molecule has 0 fully saturated rings. The zero-order valence-electron chi connectivity index (χ0n) is 7.60. The van der Waals surface area contributed by atoms with Gasteiger partial charge in [0.25, 0.3) is 5.69 Å². The molecule has 0 aliphatic heterocycles. The lowest BCUT2D eigenvalue weighted by Crippen LogP contribution is -2.12. The van der Waals surface area contributed by atoms with Crippen molar-refractivity contribution in [3.63, 3.8) is 0 Å². The monoisotopic (exact) mass is 294 g/mol. The van der Waals surface area contributed by atoms with Gasteiger partial charge in [-0.2, -0.15) is 0 Å². The van der Waals surface area contributed by atoms with Gasteiger partial charge in [-0.25, -0.2) is 13.6 Å². The molecule has 1 aromatic rings. The molecule has 2 N–H and O–H groups in total. The van der Waals surface area contributed by atoms with E-state index in [0.29, 0.717) is 10.0 Å². The highest BCUT2D eigenvalue weighted by Gasteiger charge is 2.19. The van der Waals surface area contributed by atoms with Crippen LogP contribution in [-0.2, 0) is 10.0 Å². The summed E-state index contributed by atoms with van der Waals surface area (Å²) in [6.45, 7) is 1.51. The van der Waals surface area contributed by atoms with Crippen molar-refractivity contribution in [3.05, 3.63) is 32.3 Å². The number of rotatable bonds is 2. The number of hydrogen-bond donors (Lipinski definition) is 1. The number of nitro groups is 1. The predicted molar refractivity (Wildman–Crippen MR) is 56.9 cm³/mol. The first-order chi connectivity index (χ1) is 6.73. The van der Waals surface area contributed by atoms with Crippen LogP contribution in [0.2, 0.25) is 0 Å². The highest BCUT2D eigenvalue weighted by atomic mass is 79.9. The summed E-state index contributed by atoms with van der Waals surface area (Å²) in [5, 5.41) is 15.5. The quantitative estimate of drug-likeness (QED) is 0.656. The van der Waals surface area contributed by atoms with Crippen LogP contribution in [0.25, 0.3) is 0 Å². The molecule has 0 unspecified atom stereocenters. The second-order valence-electron chi connectivity index (χ2n) is 2.85. The summed E-state index contributed by atoms with van der Waals surface area (Å²) >= 11 is 3.03. The molecule has 0 aromatic heterocycles. The SMILES string of the molecule is Cc1c(Br)cc(S(N)(=O)=O)cc1[N+](=O)[O-]. The van der Waals surface area contributed by atoms with E-state index in [2.05, 4.69) is 15.9 Å². The maximum Gasteiger partial charge on any atom is 0.274 e. The number of benzene rings is 1. The number of sulfonamides is 1. The predicted octanol–water partition coefficient (Wildman–Crippen LogP) is 1.31. The minimum Gasteiger partial charge on any atom is -0.258 e. The summed E-state index contributed by atoms with van der Waals surface area (Å²) in [7, 11) is -3.93. The number of halogens is 1. The summed E-state index contributed by atoms with van der Waals surface area (Å²) in [6.07, 6.45) is 0. The first-order valence-corrected chi connectivity index (χ1v) is 6.04. The molecule has 0 aliphatic rings. The van der Waals surface area contributed by atoms with E-state index in [1.165, 1.54) is 13.0 Å². The van der Waals surface area contributed by atoms with Gasteiger partial charge < -0.3 is 0 Å². The van der Waals surface area contributed by atoms with Crippen molar-refractivity contribution in [2.45, 2.75) is 11.8 Å². The Morgan fingerprint density at radius 1 is 1.47 bits per heavy atom. The van der Waals surface area contributed by atoms with Crippen LogP contribution in [-0.4, -0.2) is 13.3 Å². The number of nitrogens with zero attached hydrogens (tertiary/aromatic N) is 1. The smallest absolute Gasteiger partial charge is 0.258 e. The van der Waals surface area contributed by atoms with E-state index >= 15 is 0 Å². The molecule has 0 spiro atoms. The summed E-state index contributed by atoms with van der Waals surface area (Å²) in [5.74, 6) is 0. The molecular formula is C7H7BrN2O4S. The van der Waals surface area contributed by atoms with E-state index < -0.39 is 14.9 Å². The van der Waals surface area contributed by atoms with Crippen molar-refractivity contribution in [2.24, 2.45) is 5.14 Å². The topological polar surface area (TPSA) is 103 Å². The normalized spacial score (nSPS) is 11.4. The molecule has 0 amide bonds. The van der Waals surface area contributed by atoms with Crippen LogP contribution in [0.4, 0.5) is 5.69 Å². The zero-order valence-corrected chi connectivity index (χ0v) is 10.0. The second kappa shape index (κ2) is 3.87. The van der Waals surface area contributed by atoms with Gasteiger partial charge in [0.2, 0.25) is 10.0 Å². The van der Waals surface area contributed by atoms with Gasteiger partial charge in [0.15, 0.2) is 0 Å². The van der Waals surface area contributed by atoms with Gasteiger partial charge in [-0.15, -0.1) is 0 Å². The minimum absolute atomic E-state index is 0.284. The fourth-order valence-electron chi connectivity index (χ4n) is 0.994. The first kappa shape index (κ1) is 12.1. The Balaban J connectivity index is 3.57. The third-order valence-corrected chi connectivity index (χ3v) is 3.53. The van der Waals surface area contributed by atoms with Crippen molar-refractivity contribution in [2.75, 3.05) is 0 Å². The summed E-state index contributed by atoms with van der Waals surface area (Å²) < 4.78 is 22.3. The van der Waals surface area contributed by atoms with Crippen molar-refractivity contribution >= 4 is 31.6 Å². The molecule has 15 heavy (non-hydrogen) atoms. The van der Waals surface area contributed by atoms with Gasteiger partial charge in [0, 0.05) is 16.1 Å². The highest BCUT2D eigenvalue weighted by molar-refractivity contribution is 9.10. The fraction of sp³-hybridized carbons (Fsp3) is 0.143. The van der Waals surface area contributed by atoms with E-state index in [0.717, 1.165) is 6.07 Å². The summed E-state index contributed by atoms with van der Waals surface area (Å²) in [6, 6.07) is 2.17. The van der Waals surface area contributed by atoms with Gasteiger partial charge in [-0.3, -0.25) is 10.1 Å². The summed E-state index contributed by atoms with van der Waals surface area (Å²) in [5.41, 5.74) is 0.0702. The zero-order chi connectivity index (χ0) is 11.8. The Morgan fingerprint density at radius 2 is 2.00 bits per heavy atom. The van der Waals surface area contributed by atoms with Crippen molar-refractivity contribution in [3.8, 4) is 0 Å². The lowest BCUT2D eigenvalue weighted by Gasteiger charge is -2.03. The Morgan fingerprint density at radius 3 is 2.40 bits per heavy atom. The van der Waals surface area contributed by atoms with Gasteiger partial charge in [0.05, 0.1) is 9.82 Å². The van der Waals surface area contributed by atoms with E-state index in [1.807, 2.05) is 0 Å². The van der Waals surface area contributed by atoms with Crippen LogP contribution >= 0.6 is 15.9 Å². The van der Waals surface area contributed by atoms with Crippen LogP contribution in [0.1, 0.15) is 5.56 Å². The van der Waals surface area contributed by atoms with Crippen LogP contribution in [0.3, 0.4) is 0 Å². The second-order valence-corrected chi connectivity index (χ2v) is 5.27. The van der Waals surface area contributed by atoms with Crippen LogP contribution in [0.5, 0.6) is 0 Å². The molecule has 0 saturated heterocycles. The van der Waals surface area contributed by atoms with Crippen molar-refractivity contribution < 1.29 is 13.3 Å². The van der Waals surface area contributed by atoms with Crippen LogP contribution in [0, 0.1) is 17.0 Å².